The lowest BCUT2D eigenvalue weighted by Gasteiger charge is -2.32. The highest BCUT2D eigenvalue weighted by Gasteiger charge is 2.34. The topological polar surface area (TPSA) is 105 Å². The Labute approximate surface area is 201 Å². The van der Waals surface area contributed by atoms with Crippen molar-refractivity contribution in [2.24, 2.45) is 5.92 Å². The summed E-state index contributed by atoms with van der Waals surface area (Å²) in [6, 6.07) is 14.9. The van der Waals surface area contributed by atoms with Gasteiger partial charge >= 0.3 is 0 Å². The fraction of sp³-hybridized carbons (Fsp3) is 0.440. The molecule has 1 fully saturated rings. The number of sulfonamides is 1. The molecule has 2 atom stereocenters. The van der Waals surface area contributed by atoms with Crippen LogP contribution in [0.3, 0.4) is 0 Å². The highest BCUT2D eigenvalue weighted by Crippen LogP contribution is 2.25. The van der Waals surface area contributed by atoms with E-state index in [0.29, 0.717) is 31.6 Å². The van der Waals surface area contributed by atoms with E-state index in [2.05, 4.69) is 10.6 Å². The molecule has 1 aliphatic heterocycles. The molecule has 1 heterocycles. The third-order valence-corrected chi connectivity index (χ3v) is 7.68. The fourth-order valence-corrected chi connectivity index (χ4v) is 5.53. The SMILES string of the molecule is COc1ccc(S(=O)(=O)N2CCCC(C(=O)N[C@H](Cc3ccccc3)C(=O)NC(C)C)C2)cc1. The van der Waals surface area contributed by atoms with Crippen LogP contribution >= 0.6 is 0 Å². The molecule has 2 aromatic rings. The van der Waals surface area contributed by atoms with Gasteiger partial charge in [-0.15, -0.1) is 0 Å². The van der Waals surface area contributed by atoms with Gasteiger partial charge in [-0.1, -0.05) is 30.3 Å². The van der Waals surface area contributed by atoms with Gasteiger partial charge in [0, 0.05) is 25.6 Å². The molecule has 2 aromatic carbocycles. The number of nitrogens with zero attached hydrogens (tertiary/aromatic N) is 1. The minimum atomic E-state index is -3.74. The largest absolute Gasteiger partial charge is 0.497 e. The molecule has 1 unspecified atom stereocenters. The number of amides is 2. The molecule has 0 saturated carbocycles. The van der Waals surface area contributed by atoms with Crippen molar-refractivity contribution < 1.29 is 22.7 Å². The molecule has 184 valence electrons. The lowest BCUT2D eigenvalue weighted by molar-refractivity contribution is -0.132. The Hall–Kier alpha value is -2.91. The maximum atomic E-state index is 13.2. The van der Waals surface area contributed by atoms with E-state index in [0.717, 1.165) is 5.56 Å². The number of nitrogens with one attached hydrogen (secondary N) is 2. The monoisotopic (exact) mass is 487 g/mol. The Bertz CT molecular complexity index is 1070. The van der Waals surface area contributed by atoms with Crippen LogP contribution in [0, 0.1) is 5.92 Å². The summed E-state index contributed by atoms with van der Waals surface area (Å²) in [7, 11) is -2.23. The van der Waals surface area contributed by atoms with Crippen molar-refractivity contribution in [3.05, 3.63) is 60.2 Å². The number of hydrogen-bond acceptors (Lipinski definition) is 5. The van der Waals surface area contributed by atoms with Gasteiger partial charge in [-0.25, -0.2) is 8.42 Å². The number of ether oxygens (including phenoxy) is 1. The Morgan fingerprint density at radius 1 is 1.06 bits per heavy atom. The average Bonchev–Trinajstić information content (AvgIpc) is 2.84. The van der Waals surface area contributed by atoms with Crippen molar-refractivity contribution in [3.63, 3.8) is 0 Å². The second kappa shape index (κ2) is 11.5. The Balaban J connectivity index is 1.71. The van der Waals surface area contributed by atoms with E-state index in [9.17, 15) is 18.0 Å². The van der Waals surface area contributed by atoms with E-state index in [1.165, 1.54) is 23.5 Å². The summed E-state index contributed by atoms with van der Waals surface area (Å²) in [6.07, 6.45) is 1.48. The summed E-state index contributed by atoms with van der Waals surface area (Å²) in [5, 5.41) is 5.74. The van der Waals surface area contributed by atoms with Gasteiger partial charge in [0.05, 0.1) is 17.9 Å². The molecule has 9 heteroatoms. The van der Waals surface area contributed by atoms with E-state index >= 15 is 0 Å². The highest BCUT2D eigenvalue weighted by molar-refractivity contribution is 7.89. The second-order valence-corrected chi connectivity index (χ2v) is 10.7. The Kier molecular flexibility index (Phi) is 8.68. The standard InChI is InChI=1S/C25H33N3O5S/c1-18(2)26-25(30)23(16-19-8-5-4-6-9-19)27-24(29)20-10-7-15-28(17-20)34(31,32)22-13-11-21(33-3)12-14-22/h4-6,8-9,11-14,18,20,23H,7,10,15-17H2,1-3H3,(H,26,30)(H,27,29)/t20?,23-/m1/s1. The number of carbonyl (C=O) groups is 2. The third-order valence-electron chi connectivity index (χ3n) is 5.80. The van der Waals surface area contributed by atoms with Crippen LogP contribution in [-0.4, -0.2) is 56.8 Å². The van der Waals surface area contributed by atoms with E-state index in [4.69, 9.17) is 4.74 Å². The van der Waals surface area contributed by atoms with Gasteiger partial charge < -0.3 is 15.4 Å². The summed E-state index contributed by atoms with van der Waals surface area (Å²) in [6.45, 7) is 4.15. The zero-order valence-corrected chi connectivity index (χ0v) is 20.7. The average molecular weight is 488 g/mol. The molecule has 1 saturated heterocycles. The smallest absolute Gasteiger partial charge is 0.243 e. The molecule has 2 N–H and O–H groups in total. The fourth-order valence-electron chi connectivity index (χ4n) is 4.01. The van der Waals surface area contributed by atoms with Crippen molar-refractivity contribution in [1.82, 2.24) is 14.9 Å². The van der Waals surface area contributed by atoms with Gasteiger partial charge in [-0.3, -0.25) is 9.59 Å². The van der Waals surface area contributed by atoms with Crippen LogP contribution in [0.25, 0.3) is 0 Å². The van der Waals surface area contributed by atoms with Gasteiger partial charge in [-0.05, 0) is 56.5 Å². The molecule has 0 spiro atoms. The molecule has 3 rings (SSSR count). The summed E-state index contributed by atoms with van der Waals surface area (Å²) in [5.41, 5.74) is 0.930. The predicted molar refractivity (Wildman–Crippen MR) is 130 cm³/mol. The summed E-state index contributed by atoms with van der Waals surface area (Å²) in [5.74, 6) is -0.536. The van der Waals surface area contributed by atoms with Crippen LogP contribution in [0.15, 0.2) is 59.5 Å². The van der Waals surface area contributed by atoms with Crippen molar-refractivity contribution in [2.75, 3.05) is 20.2 Å². The molecule has 2 amide bonds. The first kappa shape index (κ1) is 25.7. The number of piperidine rings is 1. The van der Waals surface area contributed by atoms with Crippen LogP contribution < -0.4 is 15.4 Å². The summed E-state index contributed by atoms with van der Waals surface area (Å²) in [4.78, 5) is 26.1. The maximum absolute atomic E-state index is 13.2. The lowest BCUT2D eigenvalue weighted by atomic mass is 9.97. The van der Waals surface area contributed by atoms with Crippen LogP contribution in [0.1, 0.15) is 32.3 Å². The van der Waals surface area contributed by atoms with Gasteiger partial charge in [0.1, 0.15) is 11.8 Å². The molecular formula is C25H33N3O5S. The Morgan fingerprint density at radius 2 is 1.74 bits per heavy atom. The van der Waals surface area contributed by atoms with Crippen LogP contribution in [-0.2, 0) is 26.0 Å². The Morgan fingerprint density at radius 3 is 2.35 bits per heavy atom. The molecular weight excluding hydrogens is 454 g/mol. The van der Waals surface area contributed by atoms with Gasteiger partial charge in [0.2, 0.25) is 21.8 Å². The van der Waals surface area contributed by atoms with Gasteiger partial charge in [0.25, 0.3) is 0 Å². The minimum absolute atomic E-state index is 0.0671. The summed E-state index contributed by atoms with van der Waals surface area (Å²) < 4.78 is 32.7. The molecule has 0 radical (unpaired) electrons. The molecule has 1 aliphatic rings. The van der Waals surface area contributed by atoms with E-state index in [1.807, 2.05) is 44.2 Å². The lowest BCUT2D eigenvalue weighted by Crippen LogP contribution is -2.53. The summed E-state index contributed by atoms with van der Waals surface area (Å²) >= 11 is 0. The first-order valence-corrected chi connectivity index (χ1v) is 12.9. The first-order valence-electron chi connectivity index (χ1n) is 11.5. The second-order valence-electron chi connectivity index (χ2n) is 8.79. The van der Waals surface area contributed by atoms with Crippen LogP contribution in [0.2, 0.25) is 0 Å². The predicted octanol–water partition coefficient (Wildman–Crippen LogP) is 2.35. The number of rotatable bonds is 9. The van der Waals surface area contributed by atoms with Crippen LogP contribution in [0.4, 0.5) is 0 Å². The number of hydrogen-bond donors (Lipinski definition) is 2. The molecule has 8 nitrogen and oxygen atoms in total. The zero-order chi connectivity index (χ0) is 24.7. The number of benzene rings is 2. The molecule has 34 heavy (non-hydrogen) atoms. The van der Waals surface area contributed by atoms with Crippen molar-refractivity contribution in [1.29, 1.82) is 0 Å². The maximum Gasteiger partial charge on any atom is 0.243 e. The normalized spacial score (nSPS) is 17.7. The van der Waals surface area contributed by atoms with Crippen molar-refractivity contribution in [3.8, 4) is 5.75 Å². The van der Waals surface area contributed by atoms with Crippen LogP contribution in [0.5, 0.6) is 5.75 Å². The number of methoxy groups -OCH3 is 1. The molecule has 0 aromatic heterocycles. The minimum Gasteiger partial charge on any atom is -0.497 e. The highest BCUT2D eigenvalue weighted by atomic mass is 32.2. The molecule has 0 aliphatic carbocycles. The first-order chi connectivity index (χ1) is 16.2. The number of carbonyl (C=O) groups excluding carboxylic acids is 2. The van der Waals surface area contributed by atoms with E-state index in [1.54, 1.807) is 12.1 Å². The van der Waals surface area contributed by atoms with Gasteiger partial charge in [-0.2, -0.15) is 4.31 Å². The van der Waals surface area contributed by atoms with E-state index < -0.39 is 22.0 Å². The van der Waals surface area contributed by atoms with Gasteiger partial charge in [0.15, 0.2) is 0 Å². The van der Waals surface area contributed by atoms with E-state index in [-0.39, 0.29) is 29.3 Å². The zero-order valence-electron chi connectivity index (χ0n) is 19.9. The van der Waals surface area contributed by atoms with Crippen molar-refractivity contribution in [2.45, 2.75) is 50.1 Å². The van der Waals surface area contributed by atoms with Crippen molar-refractivity contribution >= 4 is 21.8 Å². The third kappa shape index (κ3) is 6.57. The molecule has 0 bridgehead atoms. The quantitative estimate of drug-likeness (QED) is 0.565.